The molecule has 1 aromatic heterocycles. The minimum absolute atomic E-state index is 0.00491. The molecule has 1 aliphatic rings. The summed E-state index contributed by atoms with van der Waals surface area (Å²) in [4.78, 5) is 16.4. The smallest absolute Gasteiger partial charge is 0.293 e. The van der Waals surface area contributed by atoms with Gasteiger partial charge < -0.3 is 9.88 Å². The molecule has 2 atom stereocenters. The van der Waals surface area contributed by atoms with Gasteiger partial charge in [0.25, 0.3) is 5.56 Å². The Morgan fingerprint density at radius 2 is 2.28 bits per heavy atom. The van der Waals surface area contributed by atoms with Crippen LogP contribution in [-0.4, -0.2) is 15.6 Å². The zero-order valence-corrected chi connectivity index (χ0v) is 11.5. The molecule has 1 N–H and O–H groups in total. The highest BCUT2D eigenvalue weighted by molar-refractivity contribution is 5.32. The van der Waals surface area contributed by atoms with E-state index in [1.54, 1.807) is 17.0 Å². The van der Waals surface area contributed by atoms with Crippen molar-refractivity contribution in [3.8, 4) is 0 Å². The first-order chi connectivity index (χ1) is 8.58. The van der Waals surface area contributed by atoms with E-state index in [-0.39, 0.29) is 5.56 Å². The molecule has 1 aromatic rings. The summed E-state index contributed by atoms with van der Waals surface area (Å²) in [6.45, 7) is 7.20. The van der Waals surface area contributed by atoms with Crippen LogP contribution < -0.4 is 10.9 Å². The third kappa shape index (κ3) is 2.92. The Bertz CT molecular complexity index is 453. The Balaban J connectivity index is 2.15. The third-order valence-corrected chi connectivity index (χ3v) is 3.66. The predicted molar refractivity (Wildman–Crippen MR) is 73.8 cm³/mol. The van der Waals surface area contributed by atoms with Crippen molar-refractivity contribution in [1.29, 1.82) is 0 Å². The van der Waals surface area contributed by atoms with E-state index in [2.05, 4.69) is 31.1 Å². The van der Waals surface area contributed by atoms with Crippen LogP contribution in [0.3, 0.4) is 0 Å². The van der Waals surface area contributed by atoms with Crippen molar-refractivity contribution >= 4 is 5.82 Å². The summed E-state index contributed by atoms with van der Waals surface area (Å²) in [7, 11) is 0. The van der Waals surface area contributed by atoms with Crippen LogP contribution in [0.5, 0.6) is 0 Å². The van der Waals surface area contributed by atoms with Crippen molar-refractivity contribution in [3.63, 3.8) is 0 Å². The maximum absolute atomic E-state index is 12.2. The number of rotatable bonds is 4. The van der Waals surface area contributed by atoms with E-state index in [1.165, 1.54) is 12.8 Å². The maximum atomic E-state index is 12.2. The lowest BCUT2D eigenvalue weighted by Crippen LogP contribution is -2.31. The molecular formula is C14H23N3O. The summed E-state index contributed by atoms with van der Waals surface area (Å²) in [5.74, 6) is 1.60. The fourth-order valence-corrected chi connectivity index (χ4v) is 2.62. The van der Waals surface area contributed by atoms with Crippen molar-refractivity contribution in [1.82, 2.24) is 9.55 Å². The number of aromatic nitrogens is 2. The van der Waals surface area contributed by atoms with Gasteiger partial charge in [0.2, 0.25) is 0 Å². The molecule has 0 radical (unpaired) electrons. The summed E-state index contributed by atoms with van der Waals surface area (Å²) in [5, 5.41) is 3.33. The molecule has 4 nitrogen and oxygen atoms in total. The number of nitrogens with zero attached hydrogens (tertiary/aromatic N) is 2. The van der Waals surface area contributed by atoms with Gasteiger partial charge in [-0.05, 0) is 24.7 Å². The molecule has 2 rings (SSSR count). The van der Waals surface area contributed by atoms with E-state index in [1.807, 2.05) is 0 Å². The second-order valence-electron chi connectivity index (χ2n) is 5.79. The lowest BCUT2D eigenvalue weighted by molar-refractivity contribution is 0.507. The largest absolute Gasteiger partial charge is 0.362 e. The van der Waals surface area contributed by atoms with Crippen molar-refractivity contribution in [3.05, 3.63) is 22.7 Å². The van der Waals surface area contributed by atoms with Gasteiger partial charge in [-0.25, -0.2) is 4.98 Å². The van der Waals surface area contributed by atoms with Crippen LogP contribution in [0.25, 0.3) is 0 Å². The number of hydrogen-bond acceptors (Lipinski definition) is 3. The molecule has 100 valence electrons. The van der Waals surface area contributed by atoms with Gasteiger partial charge in [-0.15, -0.1) is 0 Å². The Morgan fingerprint density at radius 1 is 1.50 bits per heavy atom. The molecule has 1 fully saturated rings. The number of hydrogen-bond donors (Lipinski definition) is 1. The van der Waals surface area contributed by atoms with Crippen LogP contribution in [0, 0.1) is 11.8 Å². The van der Waals surface area contributed by atoms with Gasteiger partial charge in [0.05, 0.1) is 0 Å². The first-order valence-corrected chi connectivity index (χ1v) is 6.90. The molecule has 0 spiro atoms. The molecule has 1 aliphatic carbocycles. The molecule has 0 bridgehead atoms. The first kappa shape index (κ1) is 13.1. The van der Waals surface area contributed by atoms with Gasteiger partial charge in [-0.1, -0.05) is 27.2 Å². The molecule has 4 heteroatoms. The van der Waals surface area contributed by atoms with Crippen LogP contribution >= 0.6 is 0 Å². The number of anilines is 1. The van der Waals surface area contributed by atoms with Crippen molar-refractivity contribution in [2.45, 2.75) is 52.6 Å². The van der Waals surface area contributed by atoms with E-state index in [9.17, 15) is 4.79 Å². The van der Waals surface area contributed by atoms with Gasteiger partial charge in [0.1, 0.15) is 0 Å². The average molecular weight is 249 g/mol. The summed E-state index contributed by atoms with van der Waals surface area (Å²) in [5.41, 5.74) is 0.00491. The zero-order valence-electron chi connectivity index (χ0n) is 11.5. The minimum atomic E-state index is 0.00491. The summed E-state index contributed by atoms with van der Waals surface area (Å²) in [6, 6.07) is 0.403. The molecule has 0 aromatic carbocycles. The Labute approximate surface area is 108 Å². The van der Waals surface area contributed by atoms with E-state index < -0.39 is 0 Å². The quantitative estimate of drug-likeness (QED) is 0.892. The van der Waals surface area contributed by atoms with E-state index in [0.29, 0.717) is 23.7 Å². The minimum Gasteiger partial charge on any atom is -0.362 e. The van der Waals surface area contributed by atoms with Gasteiger partial charge in [-0.3, -0.25) is 4.79 Å². The lowest BCUT2D eigenvalue weighted by atomic mass is 10.1. The first-order valence-electron chi connectivity index (χ1n) is 6.90. The van der Waals surface area contributed by atoms with E-state index in [4.69, 9.17) is 0 Å². The Kier molecular flexibility index (Phi) is 4.04. The van der Waals surface area contributed by atoms with Crippen molar-refractivity contribution in [2.75, 3.05) is 5.32 Å². The van der Waals surface area contributed by atoms with Gasteiger partial charge in [0, 0.05) is 25.0 Å². The van der Waals surface area contributed by atoms with Crippen molar-refractivity contribution < 1.29 is 0 Å². The fraction of sp³-hybridized carbons (Fsp3) is 0.714. The zero-order chi connectivity index (χ0) is 13.1. The monoisotopic (exact) mass is 249 g/mol. The summed E-state index contributed by atoms with van der Waals surface area (Å²) in [6.07, 6.45) is 7.11. The highest BCUT2D eigenvalue weighted by Crippen LogP contribution is 2.26. The van der Waals surface area contributed by atoms with Crippen molar-refractivity contribution in [2.24, 2.45) is 11.8 Å². The predicted octanol–water partition coefficient (Wildman–Crippen LogP) is 2.50. The highest BCUT2D eigenvalue weighted by atomic mass is 16.1. The SMILES string of the molecule is CC(C)Cn1ccnc(NC2CCCC2C)c1=O. The fourth-order valence-electron chi connectivity index (χ4n) is 2.62. The summed E-state index contributed by atoms with van der Waals surface area (Å²) < 4.78 is 1.75. The molecular weight excluding hydrogens is 226 g/mol. The van der Waals surface area contributed by atoms with Crippen LogP contribution in [0.2, 0.25) is 0 Å². The van der Waals surface area contributed by atoms with E-state index >= 15 is 0 Å². The lowest BCUT2D eigenvalue weighted by Gasteiger charge is -2.18. The molecule has 18 heavy (non-hydrogen) atoms. The second kappa shape index (κ2) is 5.55. The van der Waals surface area contributed by atoms with Crippen LogP contribution in [0.15, 0.2) is 17.2 Å². The van der Waals surface area contributed by atoms with Gasteiger partial charge in [-0.2, -0.15) is 0 Å². The number of nitrogens with one attached hydrogen (secondary N) is 1. The molecule has 0 saturated heterocycles. The molecule has 2 unspecified atom stereocenters. The normalized spacial score (nSPS) is 23.6. The Hall–Kier alpha value is -1.32. The Morgan fingerprint density at radius 3 is 2.89 bits per heavy atom. The average Bonchev–Trinajstić information content (AvgIpc) is 2.70. The molecule has 1 heterocycles. The van der Waals surface area contributed by atoms with Crippen LogP contribution in [0.1, 0.15) is 40.0 Å². The van der Waals surface area contributed by atoms with Gasteiger partial charge >= 0.3 is 0 Å². The van der Waals surface area contributed by atoms with Crippen LogP contribution in [-0.2, 0) is 6.54 Å². The van der Waals surface area contributed by atoms with Gasteiger partial charge in [0.15, 0.2) is 5.82 Å². The molecule has 1 saturated carbocycles. The molecule has 0 amide bonds. The standard InChI is InChI=1S/C14H23N3O/c1-10(2)9-17-8-7-15-13(14(17)18)16-12-6-4-5-11(12)3/h7-8,10-12H,4-6,9H2,1-3H3,(H,15,16). The summed E-state index contributed by atoms with van der Waals surface area (Å²) >= 11 is 0. The topological polar surface area (TPSA) is 46.9 Å². The second-order valence-corrected chi connectivity index (χ2v) is 5.79. The van der Waals surface area contributed by atoms with E-state index in [0.717, 1.165) is 13.0 Å². The third-order valence-electron chi connectivity index (χ3n) is 3.66. The highest BCUT2D eigenvalue weighted by Gasteiger charge is 2.24. The molecule has 0 aliphatic heterocycles. The van der Waals surface area contributed by atoms with Crippen LogP contribution in [0.4, 0.5) is 5.82 Å². The maximum Gasteiger partial charge on any atom is 0.293 e.